The summed E-state index contributed by atoms with van der Waals surface area (Å²) < 4.78 is 0. The number of fused-ring (bicyclic) bond motifs is 2. The zero-order valence-electron chi connectivity index (χ0n) is 16.9. The van der Waals surface area contributed by atoms with Gasteiger partial charge in [0.05, 0.1) is 11.3 Å². The van der Waals surface area contributed by atoms with Crippen LogP contribution in [0.3, 0.4) is 0 Å². The van der Waals surface area contributed by atoms with Gasteiger partial charge in [-0.05, 0) is 29.7 Å². The molecule has 0 spiro atoms. The number of benzene rings is 2. The van der Waals surface area contributed by atoms with Crippen LogP contribution in [-0.4, -0.2) is 34.1 Å². The monoisotopic (exact) mass is 396 g/mol. The predicted octanol–water partition coefficient (Wildman–Crippen LogP) is 4.09. The molecule has 29 heavy (non-hydrogen) atoms. The molecule has 0 aliphatic rings. The van der Waals surface area contributed by atoms with Crippen molar-refractivity contribution in [3.8, 4) is 17.1 Å². The van der Waals surface area contributed by atoms with E-state index in [1.54, 1.807) is 6.07 Å². The molecule has 7 heteroatoms. The van der Waals surface area contributed by atoms with Gasteiger partial charge in [-0.25, -0.2) is 4.98 Å². The van der Waals surface area contributed by atoms with Crippen LogP contribution in [0, 0.1) is 0 Å². The molecule has 4 rings (SSSR count). The maximum Gasteiger partial charge on any atom is 0.199 e. The van der Waals surface area contributed by atoms with Gasteiger partial charge in [0.2, 0.25) is 0 Å². The zero-order chi connectivity index (χ0) is 22.0. The normalized spacial score (nSPS) is 9.52. The van der Waals surface area contributed by atoms with Crippen LogP contribution in [-0.2, 0) is 4.79 Å². The van der Waals surface area contributed by atoms with Crippen molar-refractivity contribution >= 4 is 40.0 Å². The first-order valence-corrected chi connectivity index (χ1v) is 9.04. The molecular weight excluding hydrogens is 368 g/mol. The Hall–Kier alpha value is -3.58. The Morgan fingerprint density at radius 1 is 1.00 bits per heavy atom. The molecule has 0 saturated heterocycles. The molecule has 154 valence electrons. The molecule has 0 amide bonds. The molecule has 2 heterocycles. The molecule has 0 atom stereocenters. The minimum Gasteiger partial charge on any atom is -0.494 e. The van der Waals surface area contributed by atoms with Crippen molar-refractivity contribution in [1.82, 2.24) is 9.97 Å². The van der Waals surface area contributed by atoms with E-state index in [0.717, 1.165) is 28.8 Å². The van der Waals surface area contributed by atoms with E-state index < -0.39 is 0 Å². The van der Waals surface area contributed by atoms with Gasteiger partial charge < -0.3 is 31.5 Å². The lowest BCUT2D eigenvalue weighted by molar-refractivity contribution is -0.0979. The van der Waals surface area contributed by atoms with Crippen molar-refractivity contribution in [1.29, 1.82) is 0 Å². The van der Waals surface area contributed by atoms with Crippen molar-refractivity contribution in [2.45, 2.75) is 20.3 Å². The third kappa shape index (κ3) is 5.24. The molecule has 0 aliphatic heterocycles. The van der Waals surface area contributed by atoms with Gasteiger partial charge in [0.1, 0.15) is 12.6 Å². The molecule has 0 unspecified atom stereocenters. The number of nitrogens with two attached hydrogens (primary N) is 2. The number of nitrogen functional groups attached to an aromatic ring is 2. The number of aromatic amines is 1. The number of aromatic nitrogens is 2. The third-order valence-corrected chi connectivity index (χ3v) is 3.80. The highest BCUT2D eigenvalue weighted by Crippen LogP contribution is 2.40. The summed E-state index contributed by atoms with van der Waals surface area (Å²) in [6.07, 6.45) is 1.25. The first-order chi connectivity index (χ1) is 14.0. The topological polar surface area (TPSA) is 138 Å². The molecular formula is C22H28N4O3. The second-order valence-electron chi connectivity index (χ2n) is 5.98. The minimum atomic E-state index is 0.0591. The lowest BCUT2D eigenvalue weighted by Gasteiger charge is -2.07. The molecule has 0 fully saturated rings. The van der Waals surface area contributed by atoms with E-state index in [0.29, 0.717) is 22.8 Å². The molecule has 0 saturated carbocycles. The summed E-state index contributed by atoms with van der Waals surface area (Å²) in [5, 5.41) is 20.1. The van der Waals surface area contributed by atoms with Crippen LogP contribution in [0.2, 0.25) is 0 Å². The van der Waals surface area contributed by atoms with Crippen molar-refractivity contribution < 1.29 is 15.0 Å². The van der Waals surface area contributed by atoms with Crippen LogP contribution in [0.25, 0.3) is 32.9 Å². The number of aliphatic hydroxyl groups excluding tert-OH is 1. The highest BCUT2D eigenvalue weighted by Gasteiger charge is 2.17. The van der Waals surface area contributed by atoms with Crippen LogP contribution >= 0.6 is 0 Å². The average Bonchev–Trinajstić information content (AvgIpc) is 3.05. The van der Waals surface area contributed by atoms with Crippen LogP contribution in [0.1, 0.15) is 20.3 Å². The number of rotatable bonds is 1. The lowest BCUT2D eigenvalue weighted by Crippen LogP contribution is -1.94. The maximum atomic E-state index is 10.4. The fraction of sp³-hybridized carbons (Fsp3) is 0.182. The molecule has 0 bridgehead atoms. The number of anilines is 2. The van der Waals surface area contributed by atoms with E-state index >= 15 is 0 Å². The summed E-state index contributed by atoms with van der Waals surface area (Å²) in [6, 6.07) is 15.1. The number of carbonyl (C=O) groups is 1. The van der Waals surface area contributed by atoms with Crippen molar-refractivity contribution in [3.05, 3.63) is 48.5 Å². The highest BCUT2D eigenvalue weighted by molar-refractivity contribution is 6.07. The fourth-order valence-electron chi connectivity index (χ4n) is 2.85. The predicted molar refractivity (Wildman–Crippen MR) is 121 cm³/mol. The second-order valence-corrected chi connectivity index (χ2v) is 5.98. The zero-order valence-corrected chi connectivity index (χ0v) is 16.9. The van der Waals surface area contributed by atoms with Gasteiger partial charge in [-0.1, -0.05) is 44.5 Å². The fourth-order valence-corrected chi connectivity index (χ4v) is 2.85. The summed E-state index contributed by atoms with van der Waals surface area (Å²) in [6.45, 7) is 6.25. The van der Waals surface area contributed by atoms with Crippen molar-refractivity contribution in [2.75, 3.05) is 18.6 Å². The summed E-state index contributed by atoms with van der Waals surface area (Å²) >= 11 is 0. The number of pyridine rings is 1. The van der Waals surface area contributed by atoms with Crippen LogP contribution in [0.4, 0.5) is 11.5 Å². The Morgan fingerprint density at radius 3 is 2.28 bits per heavy atom. The molecule has 2 aromatic heterocycles. The number of aliphatic hydroxyl groups is 1. The maximum absolute atomic E-state index is 10.4. The largest absolute Gasteiger partial charge is 0.494 e. The summed E-state index contributed by atoms with van der Waals surface area (Å²) in [7, 11) is 1.00. The van der Waals surface area contributed by atoms with E-state index in [2.05, 4.69) is 23.8 Å². The number of nitrogens with zero attached hydrogens (tertiary/aromatic N) is 1. The average molecular weight is 396 g/mol. The van der Waals surface area contributed by atoms with Gasteiger partial charge in [0, 0.05) is 29.1 Å². The van der Waals surface area contributed by atoms with Gasteiger partial charge in [-0.15, -0.1) is 0 Å². The third-order valence-electron chi connectivity index (χ3n) is 3.80. The Bertz CT molecular complexity index is 1060. The Morgan fingerprint density at radius 2 is 1.62 bits per heavy atom. The molecule has 4 aromatic rings. The first kappa shape index (κ1) is 23.5. The summed E-state index contributed by atoms with van der Waals surface area (Å²) in [5.41, 5.74) is 14.5. The van der Waals surface area contributed by atoms with Crippen molar-refractivity contribution in [3.63, 3.8) is 0 Å². The van der Waals surface area contributed by atoms with E-state index in [9.17, 15) is 5.11 Å². The van der Waals surface area contributed by atoms with Crippen LogP contribution in [0.5, 0.6) is 5.88 Å². The second kappa shape index (κ2) is 11.3. The number of H-pyrrole nitrogens is 1. The van der Waals surface area contributed by atoms with Crippen molar-refractivity contribution in [2.24, 2.45) is 0 Å². The number of carbonyl (C=O) groups excluding carboxylic acids is 1. The Kier molecular flexibility index (Phi) is 9.15. The minimum absolute atomic E-state index is 0.0591. The summed E-state index contributed by atoms with van der Waals surface area (Å²) in [5.74, 6) is 0.468. The molecule has 7 N–H and O–H groups in total. The molecule has 0 aliphatic carbocycles. The number of hydrogen-bond acceptors (Lipinski definition) is 6. The van der Waals surface area contributed by atoms with Gasteiger partial charge in [-0.3, -0.25) is 0 Å². The van der Waals surface area contributed by atoms with Gasteiger partial charge in [0.15, 0.2) is 5.88 Å². The van der Waals surface area contributed by atoms with Gasteiger partial charge >= 0.3 is 0 Å². The van der Waals surface area contributed by atoms with E-state index in [4.69, 9.17) is 21.4 Å². The molecule has 2 aromatic carbocycles. The standard InChI is InChI=1S/C17H14N4O.C3H8.CH4O.CH2O/c18-10-5-6-13-12(8-10)15(17(22)20-13)16-11-4-2-1-3-9(11)7-14(19)21-16;1-3-2;2*1-2/h1-8,20,22H,18H2,(H2,19,21);3H2,1-2H3;2H,1H3;1H2. The summed E-state index contributed by atoms with van der Waals surface area (Å²) in [4.78, 5) is 15.4. The molecule has 7 nitrogen and oxygen atoms in total. The highest BCUT2D eigenvalue weighted by atomic mass is 16.3. The van der Waals surface area contributed by atoms with Gasteiger partial charge in [-0.2, -0.15) is 0 Å². The number of aromatic hydroxyl groups is 1. The van der Waals surface area contributed by atoms with E-state index in [1.165, 1.54) is 6.42 Å². The Balaban J connectivity index is 0.000000540. The quantitative estimate of drug-likeness (QED) is 0.307. The van der Waals surface area contributed by atoms with E-state index in [-0.39, 0.29) is 5.88 Å². The van der Waals surface area contributed by atoms with Crippen LogP contribution < -0.4 is 11.5 Å². The SMILES string of the molecule is C=O.CCC.CO.Nc1ccc2[nH]c(O)c(-c3nc(N)cc4ccccc34)c2c1. The van der Waals surface area contributed by atoms with Crippen LogP contribution in [0.15, 0.2) is 48.5 Å². The number of hydrogen-bond donors (Lipinski definition) is 5. The number of nitrogens with one attached hydrogen (secondary N) is 1. The smallest absolute Gasteiger partial charge is 0.199 e. The molecule has 0 radical (unpaired) electrons. The van der Waals surface area contributed by atoms with E-state index in [1.807, 2.05) is 49.3 Å². The Labute approximate surface area is 170 Å². The first-order valence-electron chi connectivity index (χ1n) is 9.04. The van der Waals surface area contributed by atoms with Gasteiger partial charge in [0.25, 0.3) is 0 Å². The lowest BCUT2D eigenvalue weighted by atomic mass is 10.0.